The molecule has 3 heterocycles. The molecule has 0 aliphatic carbocycles. The van der Waals surface area contributed by atoms with E-state index < -0.39 is 0 Å². The van der Waals surface area contributed by atoms with Gasteiger partial charge in [0.2, 0.25) is 0 Å². The minimum Gasteiger partial charge on any atom is -0.423 e. The average Bonchev–Trinajstić information content (AvgIpc) is 3.29. The number of nitrogens with one attached hydrogen (secondary N) is 1. The van der Waals surface area contributed by atoms with Crippen LogP contribution in [0.15, 0.2) is 51.7 Å². The summed E-state index contributed by atoms with van der Waals surface area (Å²) in [6.07, 6.45) is 2.33. The lowest BCUT2D eigenvalue weighted by atomic mass is 10.0. The van der Waals surface area contributed by atoms with Crippen molar-refractivity contribution in [2.24, 2.45) is 0 Å². The number of benzene rings is 2. The number of likely N-dealkylation sites (tertiary alicyclic amines) is 1. The number of rotatable bonds is 3. The first-order valence-corrected chi connectivity index (χ1v) is 10.6. The van der Waals surface area contributed by atoms with E-state index in [1.54, 1.807) is 6.07 Å². The molecule has 1 fully saturated rings. The molecule has 0 saturated carbocycles. The number of aryl methyl sites for hydroxylation is 2. The van der Waals surface area contributed by atoms with Crippen LogP contribution < -0.4 is 10.5 Å². The fraction of sp³-hybridized carbons (Fsp3) is 0.304. The lowest BCUT2D eigenvalue weighted by molar-refractivity contribution is -0.931. The number of thiazole rings is 1. The Morgan fingerprint density at radius 2 is 2.00 bits per heavy atom. The van der Waals surface area contributed by atoms with Crippen molar-refractivity contribution in [1.29, 1.82) is 0 Å². The Balaban J connectivity index is 1.53. The van der Waals surface area contributed by atoms with Crippen molar-refractivity contribution in [1.82, 2.24) is 4.98 Å². The zero-order valence-corrected chi connectivity index (χ0v) is 16.9. The molecule has 2 atom stereocenters. The molecule has 28 heavy (non-hydrogen) atoms. The summed E-state index contributed by atoms with van der Waals surface area (Å²) in [4.78, 5) is 18.6. The van der Waals surface area contributed by atoms with Crippen LogP contribution in [0.1, 0.15) is 40.6 Å². The van der Waals surface area contributed by atoms with Crippen LogP contribution in [0.3, 0.4) is 0 Å². The molecule has 142 valence electrons. The predicted molar refractivity (Wildman–Crippen MR) is 113 cm³/mol. The summed E-state index contributed by atoms with van der Waals surface area (Å²) < 4.78 is 6.73. The Morgan fingerprint density at radius 1 is 1.18 bits per heavy atom. The van der Waals surface area contributed by atoms with Gasteiger partial charge in [-0.3, -0.25) is 0 Å². The third-order valence-electron chi connectivity index (χ3n) is 5.95. The van der Waals surface area contributed by atoms with Gasteiger partial charge in [0.1, 0.15) is 18.2 Å². The van der Waals surface area contributed by atoms with Gasteiger partial charge in [-0.25, -0.2) is 9.78 Å². The van der Waals surface area contributed by atoms with Gasteiger partial charge in [0.15, 0.2) is 5.01 Å². The second-order valence-corrected chi connectivity index (χ2v) is 8.89. The minimum absolute atomic E-state index is 0.263. The average molecular weight is 392 g/mol. The van der Waals surface area contributed by atoms with Gasteiger partial charge in [-0.1, -0.05) is 12.1 Å². The molecule has 4 nitrogen and oxygen atoms in total. The van der Waals surface area contributed by atoms with Crippen molar-refractivity contribution in [2.45, 2.75) is 39.3 Å². The highest BCUT2D eigenvalue weighted by Crippen LogP contribution is 2.29. The standard InChI is InChI=1S/C23H22N2O2S/c1-14-10-17-16(12-22(26)27-20(17)11-15(14)2)13-25-9-5-7-19(25)23-24-18-6-3-4-8-21(18)28-23/h3-4,6,8,10-12,19H,5,7,9,13H2,1-2H3/p+1/t19-/m0/s1. The van der Waals surface area contributed by atoms with Gasteiger partial charge in [-0.15, -0.1) is 11.3 Å². The Hall–Kier alpha value is -2.50. The van der Waals surface area contributed by atoms with E-state index >= 15 is 0 Å². The largest absolute Gasteiger partial charge is 0.423 e. The van der Waals surface area contributed by atoms with Gasteiger partial charge in [0.05, 0.1) is 16.8 Å². The van der Waals surface area contributed by atoms with Crippen LogP contribution in [0.5, 0.6) is 0 Å². The maximum atomic E-state index is 12.2. The minimum atomic E-state index is -0.263. The topological polar surface area (TPSA) is 47.5 Å². The summed E-state index contributed by atoms with van der Waals surface area (Å²) in [7, 11) is 0. The molecule has 5 heteroatoms. The van der Waals surface area contributed by atoms with E-state index in [2.05, 4.69) is 38.1 Å². The number of nitrogens with zero attached hydrogens (tertiary/aromatic N) is 1. The Bertz CT molecular complexity index is 1210. The van der Waals surface area contributed by atoms with Crippen LogP contribution in [0.2, 0.25) is 0 Å². The quantitative estimate of drug-likeness (QED) is 0.538. The van der Waals surface area contributed by atoms with Gasteiger partial charge in [0, 0.05) is 29.9 Å². The van der Waals surface area contributed by atoms with E-state index in [-0.39, 0.29) is 5.63 Å². The smallest absolute Gasteiger partial charge is 0.336 e. The molecule has 1 unspecified atom stereocenters. The number of para-hydroxylation sites is 1. The first-order chi connectivity index (χ1) is 13.6. The monoisotopic (exact) mass is 391 g/mol. The third kappa shape index (κ3) is 3.05. The summed E-state index contributed by atoms with van der Waals surface area (Å²) in [6, 6.07) is 14.6. The van der Waals surface area contributed by atoms with Gasteiger partial charge >= 0.3 is 5.63 Å². The van der Waals surface area contributed by atoms with E-state index in [1.165, 1.54) is 26.6 Å². The number of fused-ring (bicyclic) bond motifs is 2. The molecule has 1 aliphatic rings. The molecule has 4 aromatic rings. The normalized spacial score (nSPS) is 19.6. The molecule has 2 aromatic carbocycles. The molecule has 1 saturated heterocycles. The highest BCUT2D eigenvalue weighted by Gasteiger charge is 2.33. The molecule has 2 aromatic heterocycles. The summed E-state index contributed by atoms with van der Waals surface area (Å²) in [6.45, 7) is 6.09. The van der Waals surface area contributed by atoms with E-state index in [4.69, 9.17) is 9.40 Å². The SMILES string of the molecule is Cc1cc2oc(=O)cc(C[NH+]3CCC[C@H]3c3nc4ccccc4s3)c2cc1C. The molecule has 0 radical (unpaired) electrons. The Kier molecular flexibility index (Phi) is 4.29. The molecular weight excluding hydrogens is 368 g/mol. The lowest BCUT2D eigenvalue weighted by Gasteiger charge is -2.20. The van der Waals surface area contributed by atoms with Crippen molar-refractivity contribution < 1.29 is 9.32 Å². The highest BCUT2D eigenvalue weighted by molar-refractivity contribution is 7.18. The van der Waals surface area contributed by atoms with E-state index in [9.17, 15) is 4.79 Å². The molecule has 1 aliphatic heterocycles. The summed E-state index contributed by atoms with van der Waals surface area (Å²) in [5.41, 5.74) is 4.97. The zero-order valence-electron chi connectivity index (χ0n) is 16.1. The first kappa shape index (κ1) is 17.6. The third-order valence-corrected chi connectivity index (χ3v) is 7.10. The van der Waals surface area contributed by atoms with Crippen LogP contribution >= 0.6 is 11.3 Å². The maximum Gasteiger partial charge on any atom is 0.336 e. The van der Waals surface area contributed by atoms with Crippen molar-refractivity contribution in [3.63, 3.8) is 0 Å². The van der Waals surface area contributed by atoms with E-state index in [0.717, 1.165) is 41.5 Å². The maximum absolute atomic E-state index is 12.2. The van der Waals surface area contributed by atoms with Crippen LogP contribution in [0.25, 0.3) is 21.2 Å². The number of aromatic nitrogens is 1. The van der Waals surface area contributed by atoms with E-state index in [0.29, 0.717) is 11.6 Å². The summed E-state index contributed by atoms with van der Waals surface area (Å²) in [5, 5.41) is 2.28. The number of quaternary nitrogens is 1. The van der Waals surface area contributed by atoms with Crippen molar-refractivity contribution in [3.05, 3.63) is 74.6 Å². The highest BCUT2D eigenvalue weighted by atomic mass is 32.1. The summed E-state index contributed by atoms with van der Waals surface area (Å²) in [5.74, 6) is 0. The molecular formula is C23H23N2O2S+. The Labute approximate surface area is 167 Å². The van der Waals surface area contributed by atoms with Gasteiger partial charge in [-0.2, -0.15) is 0 Å². The first-order valence-electron chi connectivity index (χ1n) is 9.82. The van der Waals surface area contributed by atoms with Crippen molar-refractivity contribution >= 4 is 32.5 Å². The van der Waals surface area contributed by atoms with Gasteiger partial charge in [0.25, 0.3) is 0 Å². The fourth-order valence-electron chi connectivity index (χ4n) is 4.33. The Morgan fingerprint density at radius 3 is 2.86 bits per heavy atom. The molecule has 0 amide bonds. The molecule has 0 bridgehead atoms. The van der Waals surface area contributed by atoms with Crippen LogP contribution in [-0.4, -0.2) is 11.5 Å². The van der Waals surface area contributed by atoms with Gasteiger partial charge in [-0.05, 0) is 49.2 Å². The molecule has 0 spiro atoms. The summed E-state index contributed by atoms with van der Waals surface area (Å²) >= 11 is 1.81. The van der Waals surface area contributed by atoms with Crippen molar-refractivity contribution in [3.8, 4) is 0 Å². The van der Waals surface area contributed by atoms with Crippen LogP contribution in [-0.2, 0) is 6.54 Å². The predicted octanol–water partition coefficient (Wildman–Crippen LogP) is 3.94. The van der Waals surface area contributed by atoms with E-state index in [1.807, 2.05) is 23.5 Å². The van der Waals surface area contributed by atoms with Crippen molar-refractivity contribution in [2.75, 3.05) is 6.54 Å². The second-order valence-electron chi connectivity index (χ2n) is 7.82. The van der Waals surface area contributed by atoms with Crippen LogP contribution in [0, 0.1) is 13.8 Å². The lowest BCUT2D eigenvalue weighted by Crippen LogP contribution is -3.08. The molecule has 5 rings (SSSR count). The number of hydrogen-bond acceptors (Lipinski definition) is 4. The van der Waals surface area contributed by atoms with Crippen LogP contribution in [0.4, 0.5) is 0 Å². The zero-order chi connectivity index (χ0) is 19.3. The molecule has 1 N–H and O–H groups in total. The van der Waals surface area contributed by atoms with Gasteiger partial charge < -0.3 is 9.32 Å². The fourth-order valence-corrected chi connectivity index (χ4v) is 5.50. The number of hydrogen-bond donors (Lipinski definition) is 1. The second kappa shape index (κ2) is 6.83.